The molecule has 0 unspecified atom stereocenters. The molecule has 0 aliphatic heterocycles. The first-order valence-corrected chi connectivity index (χ1v) is 3.40. The highest BCUT2D eigenvalue weighted by molar-refractivity contribution is 5.37. The van der Waals surface area contributed by atoms with E-state index in [0.717, 1.165) is 4.90 Å². The molecule has 0 aliphatic rings. The summed E-state index contributed by atoms with van der Waals surface area (Å²) in [6.07, 6.45) is -2.57. The van der Waals surface area contributed by atoms with Crippen LogP contribution in [0.3, 0.4) is 0 Å². The molecule has 1 aromatic heterocycles. The minimum absolute atomic E-state index is 0.465. The first-order valence-electron chi connectivity index (χ1n) is 3.40. The van der Waals surface area contributed by atoms with Gasteiger partial charge < -0.3 is 9.88 Å². The molecule has 1 heterocycles. The molecule has 1 rings (SSSR count). The highest BCUT2D eigenvalue weighted by atomic mass is 19.4. The summed E-state index contributed by atoms with van der Waals surface area (Å²) >= 11 is 0. The van der Waals surface area contributed by atoms with E-state index in [-0.39, 0.29) is 0 Å². The first-order chi connectivity index (χ1) is 5.49. The van der Waals surface area contributed by atoms with Crippen LogP contribution in [0.2, 0.25) is 0 Å². The van der Waals surface area contributed by atoms with E-state index in [1.54, 1.807) is 18.3 Å². The van der Waals surface area contributed by atoms with E-state index in [4.69, 9.17) is 0 Å². The molecule has 2 nitrogen and oxygen atoms in total. The van der Waals surface area contributed by atoms with Gasteiger partial charge in [-0.05, 0) is 12.1 Å². The third kappa shape index (κ3) is 2.48. The van der Waals surface area contributed by atoms with Crippen molar-refractivity contribution >= 4 is 5.82 Å². The molecule has 0 radical (unpaired) electrons. The molecule has 1 aromatic rings. The predicted molar refractivity (Wildman–Crippen MR) is 40.1 cm³/mol. The van der Waals surface area contributed by atoms with E-state index in [1.165, 1.54) is 7.05 Å². The SMILES string of the molecule is CN(CC(F)(F)F)c1ccc[nH]1. The summed E-state index contributed by atoms with van der Waals surface area (Å²) in [5, 5.41) is 0. The first kappa shape index (κ1) is 8.96. The maximum absolute atomic E-state index is 11.8. The quantitative estimate of drug-likeness (QED) is 0.733. The molecule has 0 saturated heterocycles. The Morgan fingerprint density at radius 1 is 1.50 bits per heavy atom. The number of hydrogen-bond acceptors (Lipinski definition) is 1. The van der Waals surface area contributed by atoms with Gasteiger partial charge in [-0.15, -0.1) is 0 Å². The van der Waals surface area contributed by atoms with Crippen molar-refractivity contribution in [2.24, 2.45) is 0 Å². The van der Waals surface area contributed by atoms with Crippen LogP contribution in [0.5, 0.6) is 0 Å². The van der Waals surface area contributed by atoms with Gasteiger partial charge in [0.15, 0.2) is 0 Å². The van der Waals surface area contributed by atoms with Crippen molar-refractivity contribution in [1.29, 1.82) is 0 Å². The molecule has 0 saturated carbocycles. The molecule has 0 bridgehead atoms. The standard InChI is InChI=1S/C7H9F3N2/c1-12(5-7(8,9)10)6-3-2-4-11-6/h2-4,11H,5H2,1H3. The van der Waals surface area contributed by atoms with Crippen molar-refractivity contribution < 1.29 is 13.2 Å². The van der Waals surface area contributed by atoms with Gasteiger partial charge in [0.25, 0.3) is 0 Å². The molecule has 0 aliphatic carbocycles. The van der Waals surface area contributed by atoms with Gasteiger partial charge in [-0.3, -0.25) is 0 Å². The second-order valence-electron chi connectivity index (χ2n) is 2.53. The van der Waals surface area contributed by atoms with Gasteiger partial charge in [0.05, 0.1) is 0 Å². The summed E-state index contributed by atoms with van der Waals surface area (Å²) < 4.78 is 35.5. The number of H-pyrrole nitrogens is 1. The Hall–Kier alpha value is -1.13. The summed E-state index contributed by atoms with van der Waals surface area (Å²) in [5.41, 5.74) is 0. The van der Waals surface area contributed by atoms with Gasteiger partial charge in [-0.1, -0.05) is 0 Å². The maximum Gasteiger partial charge on any atom is 0.405 e. The lowest BCUT2D eigenvalue weighted by molar-refractivity contribution is -0.119. The minimum Gasteiger partial charge on any atom is -0.352 e. The monoisotopic (exact) mass is 178 g/mol. The second kappa shape index (κ2) is 3.08. The van der Waals surface area contributed by atoms with E-state index in [9.17, 15) is 13.2 Å². The lowest BCUT2D eigenvalue weighted by Gasteiger charge is -2.18. The highest BCUT2D eigenvalue weighted by Gasteiger charge is 2.29. The third-order valence-electron chi connectivity index (χ3n) is 1.41. The second-order valence-corrected chi connectivity index (χ2v) is 2.53. The van der Waals surface area contributed by atoms with Gasteiger partial charge in [-0.25, -0.2) is 0 Å². The van der Waals surface area contributed by atoms with E-state index < -0.39 is 12.7 Å². The van der Waals surface area contributed by atoms with Gasteiger partial charge >= 0.3 is 6.18 Å². The Kier molecular flexibility index (Phi) is 2.30. The predicted octanol–water partition coefficient (Wildman–Crippen LogP) is 2.01. The molecule has 68 valence electrons. The van der Waals surface area contributed by atoms with Crippen LogP contribution in [0.15, 0.2) is 18.3 Å². The van der Waals surface area contributed by atoms with Crippen LogP contribution in [-0.4, -0.2) is 24.8 Å². The van der Waals surface area contributed by atoms with Crippen LogP contribution in [-0.2, 0) is 0 Å². The summed E-state index contributed by atoms with van der Waals surface area (Å²) in [7, 11) is 1.39. The highest BCUT2D eigenvalue weighted by Crippen LogP contribution is 2.18. The number of aromatic nitrogens is 1. The maximum atomic E-state index is 11.8. The number of rotatable bonds is 2. The zero-order valence-electron chi connectivity index (χ0n) is 6.52. The fraction of sp³-hybridized carbons (Fsp3) is 0.429. The Morgan fingerprint density at radius 3 is 2.58 bits per heavy atom. The molecule has 5 heteroatoms. The zero-order valence-corrected chi connectivity index (χ0v) is 6.52. The fourth-order valence-electron chi connectivity index (χ4n) is 0.912. The number of nitrogens with zero attached hydrogens (tertiary/aromatic N) is 1. The van der Waals surface area contributed by atoms with E-state index in [2.05, 4.69) is 4.98 Å². The van der Waals surface area contributed by atoms with Crippen LogP contribution in [0.4, 0.5) is 19.0 Å². The average molecular weight is 178 g/mol. The van der Waals surface area contributed by atoms with Crippen molar-refractivity contribution in [2.75, 3.05) is 18.5 Å². The Labute approximate surface area is 68.0 Å². The van der Waals surface area contributed by atoms with Gasteiger partial charge in [0.2, 0.25) is 0 Å². The number of alkyl halides is 3. The molecule has 0 fully saturated rings. The van der Waals surface area contributed by atoms with Crippen LogP contribution in [0.1, 0.15) is 0 Å². The van der Waals surface area contributed by atoms with Crippen molar-refractivity contribution in [3.63, 3.8) is 0 Å². The van der Waals surface area contributed by atoms with E-state index in [0.29, 0.717) is 5.82 Å². The Morgan fingerprint density at radius 2 is 2.17 bits per heavy atom. The molecular formula is C7H9F3N2. The van der Waals surface area contributed by atoms with Crippen molar-refractivity contribution in [1.82, 2.24) is 4.98 Å². The van der Waals surface area contributed by atoms with Crippen LogP contribution in [0, 0.1) is 0 Å². The Balaban J connectivity index is 2.56. The lowest BCUT2D eigenvalue weighted by Crippen LogP contribution is -2.30. The minimum atomic E-state index is -4.15. The van der Waals surface area contributed by atoms with Gasteiger partial charge in [-0.2, -0.15) is 13.2 Å². The van der Waals surface area contributed by atoms with E-state index in [1.807, 2.05) is 0 Å². The zero-order chi connectivity index (χ0) is 9.19. The number of aromatic amines is 1. The van der Waals surface area contributed by atoms with Crippen LogP contribution < -0.4 is 4.90 Å². The molecular weight excluding hydrogens is 169 g/mol. The van der Waals surface area contributed by atoms with E-state index >= 15 is 0 Å². The topological polar surface area (TPSA) is 19.0 Å². The number of halogens is 3. The molecule has 0 atom stereocenters. The molecule has 12 heavy (non-hydrogen) atoms. The van der Waals surface area contributed by atoms with Gasteiger partial charge in [0, 0.05) is 13.2 Å². The van der Waals surface area contributed by atoms with Crippen LogP contribution >= 0.6 is 0 Å². The molecule has 0 spiro atoms. The average Bonchev–Trinajstić information content (AvgIpc) is 2.32. The summed E-state index contributed by atoms with van der Waals surface area (Å²) in [6, 6.07) is 3.24. The lowest BCUT2D eigenvalue weighted by atomic mass is 10.5. The molecule has 1 N–H and O–H groups in total. The smallest absolute Gasteiger partial charge is 0.352 e. The Bertz CT molecular complexity index is 227. The number of nitrogens with one attached hydrogen (secondary N) is 1. The normalized spacial score (nSPS) is 11.7. The van der Waals surface area contributed by atoms with Crippen molar-refractivity contribution in [3.8, 4) is 0 Å². The largest absolute Gasteiger partial charge is 0.405 e. The summed E-state index contributed by atoms with van der Waals surface area (Å²) in [4.78, 5) is 3.80. The third-order valence-corrected chi connectivity index (χ3v) is 1.41. The fourth-order valence-corrected chi connectivity index (χ4v) is 0.912. The molecule has 0 amide bonds. The number of hydrogen-bond donors (Lipinski definition) is 1. The van der Waals surface area contributed by atoms with Crippen molar-refractivity contribution in [2.45, 2.75) is 6.18 Å². The number of anilines is 1. The van der Waals surface area contributed by atoms with Gasteiger partial charge in [0.1, 0.15) is 12.4 Å². The summed E-state index contributed by atoms with van der Waals surface area (Å²) in [6.45, 7) is -0.937. The molecule has 0 aromatic carbocycles. The summed E-state index contributed by atoms with van der Waals surface area (Å²) in [5.74, 6) is 0.465. The van der Waals surface area contributed by atoms with Crippen molar-refractivity contribution in [3.05, 3.63) is 18.3 Å². The van der Waals surface area contributed by atoms with Crippen LogP contribution in [0.25, 0.3) is 0 Å².